The first kappa shape index (κ1) is 67.3. The molecule has 5 aromatic carbocycles. The number of sulfone groups is 1. The number of amides is 1. The molecular formula is C70H88N2O13SSi. The van der Waals surface area contributed by atoms with Gasteiger partial charge in [0, 0.05) is 23.5 Å². The molecule has 87 heavy (non-hydrogen) atoms. The molecule has 0 heterocycles. The zero-order valence-corrected chi connectivity index (χ0v) is 54.4. The van der Waals surface area contributed by atoms with Gasteiger partial charge in [-0.2, -0.15) is 0 Å². The Hall–Kier alpha value is -7.18. The molecule has 15 nitrogen and oxygen atoms in total. The molecular weight excluding hydrogens is 1140 g/mol. The molecule has 1 N–H and O–H groups in total. The minimum atomic E-state index is -4.49. The third kappa shape index (κ3) is 15.9. The summed E-state index contributed by atoms with van der Waals surface area (Å²) >= 11 is 0. The smallest absolute Gasteiger partial charge is 0.496 e. The zero-order chi connectivity index (χ0) is 63.3. The number of allylic oxidation sites excluding steroid dienone is 2. The van der Waals surface area contributed by atoms with Crippen LogP contribution >= 0.6 is 0 Å². The fourth-order valence-corrected chi connectivity index (χ4v) is 19.7. The number of carbonyl (C=O) groups is 3. The quantitative estimate of drug-likeness (QED) is 0.00945. The van der Waals surface area contributed by atoms with Gasteiger partial charge in [-0.15, -0.1) is 0 Å². The number of methoxy groups -OCH3 is 1. The lowest BCUT2D eigenvalue weighted by atomic mass is 9.80. The summed E-state index contributed by atoms with van der Waals surface area (Å²) in [6, 6.07) is 40.3. The molecule has 466 valence electrons. The highest BCUT2D eigenvalue weighted by Gasteiger charge is 2.55. The molecule has 1 unspecified atom stereocenters. The van der Waals surface area contributed by atoms with E-state index < -0.39 is 86.8 Å². The van der Waals surface area contributed by atoms with E-state index in [9.17, 15) is 24.5 Å². The van der Waals surface area contributed by atoms with Gasteiger partial charge in [0.15, 0.2) is 9.84 Å². The van der Waals surface area contributed by atoms with Gasteiger partial charge in [-0.1, -0.05) is 182 Å². The van der Waals surface area contributed by atoms with Gasteiger partial charge in [-0.25, -0.2) is 18.0 Å². The SMILES string of the molecule is COc1cc(C(C/C=C(/C)[C@H](O[Si](C(C)C)(C(C)C)C(C)C)[C@@H](C)[C@H](C/C=C/COC(c2ccccc2)(c2ccccc2)c2ccccc2)OC(=O)C2(NC(=O)C3=CCCCC3)CC2)S(=O)(=O)c2ccccc2)c(OC(=O)OC(C)(C)C)c([N+](=O)[O-])c1. The highest BCUT2D eigenvalue weighted by molar-refractivity contribution is 7.91. The van der Waals surface area contributed by atoms with E-state index in [0.717, 1.165) is 42.0 Å². The molecule has 0 bridgehead atoms. The van der Waals surface area contributed by atoms with Crippen molar-refractivity contribution >= 4 is 41.9 Å². The van der Waals surface area contributed by atoms with Crippen LogP contribution in [0.5, 0.6) is 11.5 Å². The largest absolute Gasteiger partial charge is 0.514 e. The number of hydrogen-bond acceptors (Lipinski definition) is 13. The number of carbonyl (C=O) groups excluding carboxylic acids is 3. The molecule has 0 aliphatic heterocycles. The van der Waals surface area contributed by atoms with E-state index in [0.29, 0.717) is 30.4 Å². The van der Waals surface area contributed by atoms with Crippen LogP contribution in [0.2, 0.25) is 16.6 Å². The van der Waals surface area contributed by atoms with E-state index >= 15 is 8.42 Å². The first-order valence-electron chi connectivity index (χ1n) is 30.4. The molecule has 0 spiro atoms. The molecule has 0 saturated heterocycles. The van der Waals surface area contributed by atoms with E-state index in [4.69, 9.17) is 28.1 Å². The van der Waals surface area contributed by atoms with Gasteiger partial charge in [0.25, 0.3) is 0 Å². The van der Waals surface area contributed by atoms with Crippen LogP contribution < -0.4 is 14.8 Å². The number of rotatable bonds is 28. The van der Waals surface area contributed by atoms with Gasteiger partial charge in [0.05, 0.1) is 41.0 Å². The summed E-state index contributed by atoms with van der Waals surface area (Å²) in [5.74, 6) is -2.12. The number of nitrogens with one attached hydrogen (secondary N) is 1. The number of hydrogen-bond donors (Lipinski definition) is 1. The lowest BCUT2D eigenvalue weighted by Crippen LogP contribution is -2.53. The van der Waals surface area contributed by atoms with E-state index in [1.807, 2.05) is 86.7 Å². The van der Waals surface area contributed by atoms with Gasteiger partial charge in [0.2, 0.25) is 20.0 Å². The van der Waals surface area contributed by atoms with Gasteiger partial charge < -0.3 is 33.4 Å². The standard InChI is InChI=1S/C70H88N2O13SSi/c1-48(2)87(49(3)4,50(5)6)85-63(51(7)41-42-62(86(78,79)58-38-26-17-27-39-58)59-46-57(80-12)47-60(72(76)77)64(59)83-67(75)84-68(9,10)11)52(8)61(82-66(74)69(43-44-69)71-65(73)53-30-18-13-19-31-53)40-28-29-45-81-70(54-32-20-14-21-33-54,55-34-22-15-23-35-55)56-36-24-16-25-37-56/h14-17,20-30,32-39,41,46-50,52,61-63H,13,18-19,31,40,42-45H2,1-12H3,(H,71,73)/b29-28+,51-41-/t52-,61-,62?,63-/m0/s1. The predicted molar refractivity (Wildman–Crippen MR) is 342 cm³/mol. The van der Waals surface area contributed by atoms with Crippen LogP contribution in [0.4, 0.5) is 10.5 Å². The fraction of sp³-hybridized carbons (Fsp3) is 0.443. The summed E-state index contributed by atoms with van der Waals surface area (Å²) in [5, 5.41) is 14.4. The first-order chi connectivity index (χ1) is 41.3. The van der Waals surface area contributed by atoms with E-state index in [2.05, 4.69) is 83.3 Å². The fourth-order valence-electron chi connectivity index (χ4n) is 12.3. The van der Waals surface area contributed by atoms with Crippen LogP contribution in [-0.2, 0) is 43.7 Å². The van der Waals surface area contributed by atoms with Crippen LogP contribution in [0.25, 0.3) is 0 Å². The Bertz CT molecular complexity index is 3240. The number of nitro benzene ring substituents is 1. The maximum atomic E-state index is 15.3. The Morgan fingerprint density at radius 2 is 1.30 bits per heavy atom. The Labute approximate surface area is 516 Å². The summed E-state index contributed by atoms with van der Waals surface area (Å²) < 4.78 is 69.1. The zero-order valence-electron chi connectivity index (χ0n) is 52.6. The average molecular weight is 1230 g/mol. The highest BCUT2D eigenvalue weighted by Crippen LogP contribution is 2.49. The van der Waals surface area contributed by atoms with Gasteiger partial charge in [-0.3, -0.25) is 14.9 Å². The van der Waals surface area contributed by atoms with Crippen LogP contribution in [0.15, 0.2) is 174 Å². The van der Waals surface area contributed by atoms with Crippen molar-refractivity contribution in [2.75, 3.05) is 13.7 Å². The normalized spacial score (nSPS) is 16.2. The van der Waals surface area contributed by atoms with Crippen molar-refractivity contribution in [1.82, 2.24) is 5.32 Å². The van der Waals surface area contributed by atoms with Crippen molar-refractivity contribution in [3.63, 3.8) is 0 Å². The lowest BCUT2D eigenvalue weighted by Gasteiger charge is -2.47. The molecule has 0 aromatic heterocycles. The van der Waals surface area contributed by atoms with Crippen LogP contribution in [0, 0.1) is 16.0 Å². The average Bonchev–Trinajstić information content (AvgIpc) is 0.989. The topological polar surface area (TPSA) is 196 Å². The number of esters is 1. The molecule has 1 amide bonds. The molecule has 0 radical (unpaired) electrons. The number of ether oxygens (including phenoxy) is 5. The van der Waals surface area contributed by atoms with Crippen molar-refractivity contribution in [2.45, 2.75) is 183 Å². The van der Waals surface area contributed by atoms with Crippen molar-refractivity contribution < 1.29 is 55.8 Å². The monoisotopic (exact) mass is 1220 g/mol. The molecule has 5 aromatic rings. The summed E-state index contributed by atoms with van der Waals surface area (Å²) in [5.41, 5.74) is 0.0524. The molecule has 2 aliphatic rings. The molecule has 1 fully saturated rings. The Kier molecular flexibility index (Phi) is 22.6. The van der Waals surface area contributed by atoms with Crippen LogP contribution in [-0.4, -0.2) is 76.8 Å². The van der Waals surface area contributed by atoms with E-state index in [-0.39, 0.29) is 58.2 Å². The van der Waals surface area contributed by atoms with E-state index in [1.165, 1.54) is 25.3 Å². The summed E-state index contributed by atoms with van der Waals surface area (Å²) in [7, 11) is -6.07. The van der Waals surface area contributed by atoms with Gasteiger partial charge >= 0.3 is 17.8 Å². The second-order valence-electron chi connectivity index (χ2n) is 24.9. The molecule has 4 atom stereocenters. The third-order valence-corrected chi connectivity index (χ3v) is 25.1. The number of benzene rings is 5. The molecule has 1 saturated carbocycles. The summed E-state index contributed by atoms with van der Waals surface area (Å²) in [6.07, 6.45) is 8.60. The lowest BCUT2D eigenvalue weighted by molar-refractivity contribution is -0.385. The summed E-state index contributed by atoms with van der Waals surface area (Å²) in [6.45, 7) is 21.8. The molecule has 17 heteroatoms. The second-order valence-corrected chi connectivity index (χ2v) is 32.4. The van der Waals surface area contributed by atoms with E-state index in [1.54, 1.807) is 45.0 Å². The third-order valence-electron chi connectivity index (χ3n) is 16.9. The molecule has 2 aliphatic carbocycles. The molecule has 7 rings (SSSR count). The Balaban J connectivity index is 1.36. The van der Waals surface area contributed by atoms with Crippen molar-refractivity contribution in [3.8, 4) is 11.5 Å². The highest BCUT2D eigenvalue weighted by atomic mass is 32.2. The first-order valence-corrected chi connectivity index (χ1v) is 34.1. The van der Waals surface area contributed by atoms with Crippen molar-refractivity contribution in [3.05, 3.63) is 201 Å². The van der Waals surface area contributed by atoms with Crippen LogP contribution in [0.1, 0.15) is 155 Å². The Morgan fingerprint density at radius 3 is 1.77 bits per heavy atom. The maximum absolute atomic E-state index is 15.3. The van der Waals surface area contributed by atoms with Crippen molar-refractivity contribution in [2.24, 2.45) is 5.92 Å². The summed E-state index contributed by atoms with van der Waals surface area (Å²) in [4.78, 5) is 54.3. The maximum Gasteiger partial charge on any atom is 0.514 e. The van der Waals surface area contributed by atoms with Crippen molar-refractivity contribution in [1.29, 1.82) is 0 Å². The van der Waals surface area contributed by atoms with Crippen LogP contribution in [0.3, 0.4) is 0 Å². The number of nitrogens with zero attached hydrogens (tertiary/aromatic N) is 1. The number of nitro groups is 1. The van der Waals surface area contributed by atoms with Gasteiger partial charge in [0.1, 0.15) is 28.6 Å². The van der Waals surface area contributed by atoms with Gasteiger partial charge in [-0.05, 0) is 130 Å². The predicted octanol–water partition coefficient (Wildman–Crippen LogP) is 16.0. The second kappa shape index (κ2) is 29.2. The minimum absolute atomic E-state index is 0.0484. The minimum Gasteiger partial charge on any atom is -0.496 e. The Morgan fingerprint density at radius 1 is 0.759 bits per heavy atom.